The molecule has 0 aliphatic carbocycles. The number of hydrogen-bond donors (Lipinski definition) is 1. The minimum absolute atomic E-state index is 0.707. The molecule has 0 atom stereocenters. The molecular weight excluding hydrogens is 175 g/mol. The Morgan fingerprint density at radius 2 is 1.55 bits per heavy atom. The summed E-state index contributed by atoms with van der Waals surface area (Å²) in [6, 6.07) is 0. The molecule has 1 aliphatic rings. The van der Waals surface area contributed by atoms with Gasteiger partial charge in [0.05, 0.1) is 0 Å². The van der Waals surface area contributed by atoms with Crippen LogP contribution in [0.15, 0.2) is 12.2 Å². The predicted octanol–water partition coefficient (Wildman–Crippen LogP) is -0.257. The van der Waals surface area contributed by atoms with Crippen LogP contribution < -0.4 is 0 Å². The Bertz CT molecular complexity index is 254. The average Bonchev–Trinajstić information content (AvgIpc) is 1.89. The molecule has 7 heteroatoms. The van der Waals surface area contributed by atoms with E-state index in [9.17, 15) is 14.2 Å². The Labute approximate surface area is 61.0 Å². The second kappa shape index (κ2) is 2.48. The van der Waals surface area contributed by atoms with E-state index in [1.54, 1.807) is 0 Å². The SMILES string of the molecule is O=C1C=CC(=O)OP(=O)(O)O1. The van der Waals surface area contributed by atoms with Crippen LogP contribution >= 0.6 is 7.82 Å². The molecule has 0 amide bonds. The molecule has 60 valence electrons. The third-order valence-corrected chi connectivity index (χ3v) is 1.59. The van der Waals surface area contributed by atoms with Gasteiger partial charge in [0.2, 0.25) is 0 Å². The quantitative estimate of drug-likeness (QED) is 0.514. The zero-order valence-corrected chi connectivity index (χ0v) is 5.98. The van der Waals surface area contributed by atoms with E-state index in [0.29, 0.717) is 12.2 Å². The van der Waals surface area contributed by atoms with Crippen molar-refractivity contribution in [3.8, 4) is 0 Å². The summed E-state index contributed by atoms with van der Waals surface area (Å²) < 4.78 is 18.1. The molecule has 0 radical (unpaired) electrons. The minimum atomic E-state index is -4.50. The molecule has 0 bridgehead atoms. The number of phosphoric acid groups is 1. The van der Waals surface area contributed by atoms with E-state index in [2.05, 4.69) is 9.05 Å². The molecule has 0 spiro atoms. The maximum absolute atomic E-state index is 10.5. The normalized spacial score (nSPS) is 21.9. The van der Waals surface area contributed by atoms with E-state index in [0.717, 1.165) is 0 Å². The minimum Gasteiger partial charge on any atom is -0.358 e. The predicted molar refractivity (Wildman–Crippen MR) is 31.1 cm³/mol. The molecule has 0 saturated carbocycles. The molecule has 0 aromatic rings. The Balaban J connectivity index is 2.92. The van der Waals surface area contributed by atoms with E-state index in [1.165, 1.54) is 0 Å². The van der Waals surface area contributed by atoms with Crippen LogP contribution in [0.4, 0.5) is 0 Å². The molecule has 1 heterocycles. The highest BCUT2D eigenvalue weighted by atomic mass is 31.2. The van der Waals surface area contributed by atoms with Crippen molar-refractivity contribution in [2.24, 2.45) is 0 Å². The van der Waals surface area contributed by atoms with Crippen LogP contribution in [0.5, 0.6) is 0 Å². The van der Waals surface area contributed by atoms with E-state index in [4.69, 9.17) is 4.89 Å². The van der Waals surface area contributed by atoms with Crippen LogP contribution in [-0.2, 0) is 23.2 Å². The second-order valence-corrected chi connectivity index (χ2v) is 2.92. The third kappa shape index (κ3) is 2.18. The largest absolute Gasteiger partial charge is 0.589 e. The fraction of sp³-hybridized carbons (Fsp3) is 0. The molecule has 11 heavy (non-hydrogen) atoms. The van der Waals surface area contributed by atoms with Gasteiger partial charge in [-0.3, -0.25) is 4.89 Å². The van der Waals surface area contributed by atoms with E-state index in [-0.39, 0.29) is 0 Å². The van der Waals surface area contributed by atoms with Crippen LogP contribution in [0.25, 0.3) is 0 Å². The fourth-order valence-corrected chi connectivity index (χ4v) is 1.06. The van der Waals surface area contributed by atoms with Gasteiger partial charge in [0.15, 0.2) is 0 Å². The van der Waals surface area contributed by atoms with Crippen LogP contribution in [0.1, 0.15) is 0 Å². The lowest BCUT2D eigenvalue weighted by Crippen LogP contribution is -1.99. The Morgan fingerprint density at radius 1 is 1.18 bits per heavy atom. The smallest absolute Gasteiger partial charge is 0.358 e. The van der Waals surface area contributed by atoms with Gasteiger partial charge in [-0.05, 0) is 0 Å². The highest BCUT2D eigenvalue weighted by Crippen LogP contribution is 2.44. The van der Waals surface area contributed by atoms with E-state index < -0.39 is 19.8 Å². The molecule has 0 unspecified atom stereocenters. The molecule has 1 rings (SSSR count). The van der Waals surface area contributed by atoms with Gasteiger partial charge >= 0.3 is 19.8 Å². The summed E-state index contributed by atoms with van der Waals surface area (Å²) in [5.74, 6) is -2.16. The first-order chi connectivity index (χ1) is 4.99. The molecule has 0 fully saturated rings. The third-order valence-electron chi connectivity index (χ3n) is 0.766. The zero-order valence-electron chi connectivity index (χ0n) is 5.09. The number of hydrogen-bond acceptors (Lipinski definition) is 5. The van der Waals surface area contributed by atoms with Gasteiger partial charge in [-0.2, -0.15) is 0 Å². The first-order valence-corrected chi connectivity index (χ1v) is 3.97. The molecular formula is C4H3O6P. The molecule has 0 aromatic heterocycles. The summed E-state index contributed by atoms with van der Waals surface area (Å²) in [5, 5.41) is 0. The van der Waals surface area contributed by atoms with Crippen molar-refractivity contribution in [2.45, 2.75) is 0 Å². The van der Waals surface area contributed by atoms with E-state index >= 15 is 0 Å². The van der Waals surface area contributed by atoms with Crippen molar-refractivity contribution >= 4 is 19.8 Å². The topological polar surface area (TPSA) is 89.9 Å². The average molecular weight is 178 g/mol. The number of carbonyl (C=O) groups excluding carboxylic acids is 2. The highest BCUT2D eigenvalue weighted by molar-refractivity contribution is 7.48. The van der Waals surface area contributed by atoms with Crippen molar-refractivity contribution in [1.29, 1.82) is 0 Å². The molecule has 0 saturated heterocycles. The summed E-state index contributed by atoms with van der Waals surface area (Å²) in [4.78, 5) is 29.3. The van der Waals surface area contributed by atoms with Gasteiger partial charge < -0.3 is 9.05 Å². The zero-order chi connectivity index (χ0) is 8.48. The highest BCUT2D eigenvalue weighted by Gasteiger charge is 2.31. The van der Waals surface area contributed by atoms with Crippen molar-refractivity contribution in [2.75, 3.05) is 0 Å². The fourth-order valence-electron chi connectivity index (χ4n) is 0.443. The summed E-state index contributed by atoms with van der Waals surface area (Å²) in [7, 11) is -4.50. The monoisotopic (exact) mass is 178 g/mol. The maximum Gasteiger partial charge on any atom is 0.589 e. The van der Waals surface area contributed by atoms with Crippen molar-refractivity contribution < 1.29 is 28.1 Å². The molecule has 6 nitrogen and oxygen atoms in total. The van der Waals surface area contributed by atoms with Crippen LogP contribution in [-0.4, -0.2) is 16.8 Å². The summed E-state index contributed by atoms with van der Waals surface area (Å²) in [5.41, 5.74) is 0. The van der Waals surface area contributed by atoms with Gasteiger partial charge in [0.25, 0.3) is 0 Å². The second-order valence-electron chi connectivity index (χ2n) is 1.62. The van der Waals surface area contributed by atoms with Crippen molar-refractivity contribution in [3.05, 3.63) is 12.2 Å². The Morgan fingerprint density at radius 3 is 1.91 bits per heavy atom. The van der Waals surface area contributed by atoms with Crippen LogP contribution in [0, 0.1) is 0 Å². The first kappa shape index (κ1) is 7.97. The lowest BCUT2D eigenvalue weighted by Gasteiger charge is -2.04. The van der Waals surface area contributed by atoms with Gasteiger partial charge in [0.1, 0.15) is 0 Å². The van der Waals surface area contributed by atoms with Crippen LogP contribution in [0.3, 0.4) is 0 Å². The number of carbonyl (C=O) groups is 2. The summed E-state index contributed by atoms with van der Waals surface area (Å²) >= 11 is 0. The number of rotatable bonds is 0. The van der Waals surface area contributed by atoms with Crippen molar-refractivity contribution in [3.63, 3.8) is 0 Å². The lowest BCUT2D eigenvalue weighted by atomic mass is 10.5. The molecule has 1 N–H and O–H groups in total. The van der Waals surface area contributed by atoms with Gasteiger partial charge in [-0.15, -0.1) is 0 Å². The standard InChI is InChI=1S/C4H3O6P/c5-3-1-2-4(6)10-11(7,8)9-3/h1-2H,(H,7,8). The Hall–Kier alpha value is -1.13. The summed E-state index contributed by atoms with van der Waals surface area (Å²) in [6.07, 6.45) is 1.41. The molecule has 0 aromatic carbocycles. The lowest BCUT2D eigenvalue weighted by molar-refractivity contribution is -0.132. The van der Waals surface area contributed by atoms with E-state index in [1.807, 2.05) is 0 Å². The maximum atomic E-state index is 10.5. The first-order valence-electron chi connectivity index (χ1n) is 2.47. The van der Waals surface area contributed by atoms with Gasteiger partial charge in [-0.1, -0.05) is 0 Å². The number of phosphoric ester groups is 1. The van der Waals surface area contributed by atoms with Gasteiger partial charge in [-0.25, -0.2) is 14.2 Å². The van der Waals surface area contributed by atoms with Gasteiger partial charge in [0, 0.05) is 12.2 Å². The van der Waals surface area contributed by atoms with Crippen LogP contribution in [0.2, 0.25) is 0 Å². The van der Waals surface area contributed by atoms with Crippen molar-refractivity contribution in [1.82, 2.24) is 0 Å². The summed E-state index contributed by atoms with van der Waals surface area (Å²) in [6.45, 7) is 0. The molecule has 1 aliphatic heterocycles. The Kier molecular flexibility index (Phi) is 1.80.